The van der Waals surface area contributed by atoms with Gasteiger partial charge in [-0.2, -0.15) is 5.10 Å². The summed E-state index contributed by atoms with van der Waals surface area (Å²) in [5, 5.41) is 8.14. The van der Waals surface area contributed by atoms with Crippen LogP contribution >= 0.6 is 0 Å². The van der Waals surface area contributed by atoms with E-state index in [1.165, 1.54) is 37.8 Å². The molecule has 1 aliphatic heterocycles. The molecule has 1 aromatic rings. The van der Waals surface area contributed by atoms with Crippen LogP contribution < -0.4 is 5.32 Å². The van der Waals surface area contributed by atoms with Crippen LogP contribution in [0.1, 0.15) is 45.1 Å². The van der Waals surface area contributed by atoms with Gasteiger partial charge in [-0.3, -0.25) is 9.58 Å². The summed E-state index contributed by atoms with van der Waals surface area (Å²) in [7, 11) is 1.99. The van der Waals surface area contributed by atoms with E-state index >= 15 is 0 Å². The Balaban J connectivity index is 1.76. The Hall–Kier alpha value is -0.870. The first-order chi connectivity index (χ1) is 8.99. The number of hydrogen-bond donors (Lipinski definition) is 1. The van der Waals surface area contributed by atoms with Crippen molar-refractivity contribution in [2.45, 2.75) is 57.2 Å². The standard InChI is InChI=1S/C15H26N4/c1-14(2)11-16-15(6-4-5-7-15)12-19(14)10-13-8-17-18(3)9-13/h8-9,16H,4-7,10-12H2,1-3H3. The van der Waals surface area contributed by atoms with E-state index in [1.54, 1.807) is 0 Å². The summed E-state index contributed by atoms with van der Waals surface area (Å²) in [5.74, 6) is 0. The lowest BCUT2D eigenvalue weighted by atomic mass is 9.87. The maximum Gasteiger partial charge on any atom is 0.0534 e. The summed E-state index contributed by atoms with van der Waals surface area (Å²) in [6.07, 6.45) is 9.58. The smallest absolute Gasteiger partial charge is 0.0534 e. The van der Waals surface area contributed by atoms with Crippen molar-refractivity contribution in [2.24, 2.45) is 7.05 Å². The van der Waals surface area contributed by atoms with Gasteiger partial charge in [0.05, 0.1) is 6.20 Å². The number of nitrogens with zero attached hydrogens (tertiary/aromatic N) is 3. The van der Waals surface area contributed by atoms with Crippen LogP contribution in [0.3, 0.4) is 0 Å². The molecule has 2 fully saturated rings. The van der Waals surface area contributed by atoms with Crippen LogP contribution in [0.5, 0.6) is 0 Å². The van der Waals surface area contributed by atoms with Crippen LogP contribution in [-0.2, 0) is 13.6 Å². The Kier molecular flexibility index (Phi) is 3.18. The number of rotatable bonds is 2. The van der Waals surface area contributed by atoms with Gasteiger partial charge in [0.25, 0.3) is 0 Å². The molecule has 19 heavy (non-hydrogen) atoms. The molecule has 0 bridgehead atoms. The summed E-state index contributed by atoms with van der Waals surface area (Å²) in [5.41, 5.74) is 1.94. The molecule has 1 saturated carbocycles. The number of nitrogens with one attached hydrogen (secondary N) is 1. The third-order valence-corrected chi connectivity index (χ3v) is 4.94. The highest BCUT2D eigenvalue weighted by molar-refractivity contribution is 5.09. The molecule has 0 amide bonds. The second kappa shape index (κ2) is 4.60. The van der Waals surface area contributed by atoms with Crippen molar-refractivity contribution in [1.29, 1.82) is 0 Å². The molecule has 0 aromatic carbocycles. The summed E-state index contributed by atoms with van der Waals surface area (Å²) in [6, 6.07) is 0. The molecular weight excluding hydrogens is 236 g/mol. The van der Waals surface area contributed by atoms with Gasteiger partial charge in [0, 0.05) is 49.5 Å². The Labute approximate surface area is 116 Å². The monoisotopic (exact) mass is 262 g/mol. The topological polar surface area (TPSA) is 33.1 Å². The highest BCUT2D eigenvalue weighted by atomic mass is 15.3. The predicted molar refractivity (Wildman–Crippen MR) is 76.9 cm³/mol. The van der Waals surface area contributed by atoms with E-state index in [0.29, 0.717) is 5.54 Å². The SMILES string of the molecule is Cn1cc(CN2CC3(CCCC3)NCC2(C)C)cn1. The number of hydrogen-bond acceptors (Lipinski definition) is 3. The molecular formula is C15H26N4. The molecule has 1 spiro atoms. The Morgan fingerprint density at radius 3 is 2.68 bits per heavy atom. The largest absolute Gasteiger partial charge is 0.308 e. The zero-order valence-corrected chi connectivity index (χ0v) is 12.4. The molecule has 4 heteroatoms. The third-order valence-electron chi connectivity index (χ3n) is 4.94. The van der Waals surface area contributed by atoms with E-state index in [4.69, 9.17) is 0 Å². The van der Waals surface area contributed by atoms with Gasteiger partial charge in [-0.1, -0.05) is 12.8 Å². The molecule has 0 unspecified atom stereocenters. The average molecular weight is 262 g/mol. The second-order valence-electron chi connectivity index (χ2n) is 7.03. The summed E-state index contributed by atoms with van der Waals surface area (Å²) >= 11 is 0. The van der Waals surface area contributed by atoms with Crippen molar-refractivity contribution in [2.75, 3.05) is 13.1 Å². The van der Waals surface area contributed by atoms with Crippen molar-refractivity contribution >= 4 is 0 Å². The average Bonchev–Trinajstić information content (AvgIpc) is 2.95. The summed E-state index contributed by atoms with van der Waals surface area (Å²) in [6.45, 7) is 7.97. The van der Waals surface area contributed by atoms with Gasteiger partial charge in [0.2, 0.25) is 0 Å². The lowest BCUT2D eigenvalue weighted by molar-refractivity contribution is 0.0217. The normalized spacial score (nSPS) is 26.1. The maximum absolute atomic E-state index is 4.29. The number of aromatic nitrogens is 2. The van der Waals surface area contributed by atoms with Crippen LogP contribution in [-0.4, -0.2) is 38.8 Å². The molecule has 106 valence electrons. The fourth-order valence-corrected chi connectivity index (χ4v) is 3.58. The maximum atomic E-state index is 4.29. The van der Waals surface area contributed by atoms with E-state index in [1.807, 2.05) is 17.9 Å². The van der Waals surface area contributed by atoms with Crippen LogP contribution in [0.4, 0.5) is 0 Å². The molecule has 3 rings (SSSR count). The molecule has 1 aliphatic carbocycles. The van der Waals surface area contributed by atoms with Crippen LogP contribution in [0.2, 0.25) is 0 Å². The quantitative estimate of drug-likeness (QED) is 0.884. The van der Waals surface area contributed by atoms with Crippen molar-refractivity contribution in [3.8, 4) is 0 Å². The molecule has 1 saturated heterocycles. The highest BCUT2D eigenvalue weighted by Crippen LogP contribution is 2.36. The Bertz CT molecular complexity index is 443. The first-order valence-electron chi connectivity index (χ1n) is 7.47. The fraction of sp³-hybridized carbons (Fsp3) is 0.800. The van der Waals surface area contributed by atoms with Gasteiger partial charge in [0.1, 0.15) is 0 Å². The van der Waals surface area contributed by atoms with Crippen molar-refractivity contribution in [3.63, 3.8) is 0 Å². The third kappa shape index (κ3) is 2.56. The van der Waals surface area contributed by atoms with E-state index in [9.17, 15) is 0 Å². The van der Waals surface area contributed by atoms with Crippen molar-refractivity contribution in [3.05, 3.63) is 18.0 Å². The minimum Gasteiger partial charge on any atom is -0.308 e. The molecule has 0 radical (unpaired) electrons. The molecule has 1 N–H and O–H groups in total. The lowest BCUT2D eigenvalue weighted by Gasteiger charge is -2.51. The molecule has 2 heterocycles. The van der Waals surface area contributed by atoms with E-state index in [0.717, 1.165) is 13.1 Å². The highest BCUT2D eigenvalue weighted by Gasteiger charge is 2.44. The lowest BCUT2D eigenvalue weighted by Crippen LogP contribution is -2.66. The molecule has 4 nitrogen and oxygen atoms in total. The van der Waals surface area contributed by atoms with Gasteiger partial charge in [0.15, 0.2) is 0 Å². The van der Waals surface area contributed by atoms with E-state index in [2.05, 4.69) is 35.4 Å². The minimum atomic E-state index is 0.226. The van der Waals surface area contributed by atoms with Gasteiger partial charge in [-0.15, -0.1) is 0 Å². The number of piperazine rings is 1. The minimum absolute atomic E-state index is 0.226. The first-order valence-corrected chi connectivity index (χ1v) is 7.47. The van der Waals surface area contributed by atoms with Gasteiger partial charge in [-0.05, 0) is 26.7 Å². The Morgan fingerprint density at radius 1 is 1.32 bits per heavy atom. The first kappa shape index (κ1) is 13.1. The van der Waals surface area contributed by atoms with Crippen molar-refractivity contribution < 1.29 is 0 Å². The van der Waals surface area contributed by atoms with E-state index < -0.39 is 0 Å². The predicted octanol–water partition coefficient (Wildman–Crippen LogP) is 1.92. The molecule has 1 aromatic heterocycles. The zero-order chi connectivity index (χ0) is 13.5. The number of aryl methyl sites for hydroxylation is 1. The van der Waals surface area contributed by atoms with Gasteiger partial charge >= 0.3 is 0 Å². The summed E-state index contributed by atoms with van der Waals surface area (Å²) in [4.78, 5) is 2.64. The van der Waals surface area contributed by atoms with Crippen LogP contribution in [0.15, 0.2) is 12.4 Å². The van der Waals surface area contributed by atoms with Crippen LogP contribution in [0, 0.1) is 0 Å². The zero-order valence-electron chi connectivity index (χ0n) is 12.4. The Morgan fingerprint density at radius 2 is 2.05 bits per heavy atom. The molecule has 0 atom stereocenters. The van der Waals surface area contributed by atoms with Crippen molar-refractivity contribution in [1.82, 2.24) is 20.0 Å². The second-order valence-corrected chi connectivity index (χ2v) is 7.03. The fourth-order valence-electron chi connectivity index (χ4n) is 3.58. The van der Waals surface area contributed by atoms with Crippen LogP contribution in [0.25, 0.3) is 0 Å². The van der Waals surface area contributed by atoms with E-state index in [-0.39, 0.29) is 5.54 Å². The van der Waals surface area contributed by atoms with Gasteiger partial charge < -0.3 is 5.32 Å². The summed E-state index contributed by atoms with van der Waals surface area (Å²) < 4.78 is 1.90. The van der Waals surface area contributed by atoms with Gasteiger partial charge in [-0.25, -0.2) is 0 Å². The molecule has 2 aliphatic rings.